The van der Waals surface area contributed by atoms with Crippen molar-refractivity contribution in [2.24, 2.45) is 5.10 Å². The molecule has 0 aliphatic heterocycles. The van der Waals surface area contributed by atoms with Crippen molar-refractivity contribution in [1.82, 2.24) is 20.3 Å². The number of hydrogen-bond acceptors (Lipinski definition) is 7. The molecule has 0 atom stereocenters. The number of nitrogens with zero attached hydrogens (tertiary/aromatic N) is 6. The Kier molecular flexibility index (Phi) is 3.57. The number of nitrogen functional groups attached to an aromatic ring is 1. The van der Waals surface area contributed by atoms with E-state index >= 15 is 0 Å². The molecule has 1 aromatic carbocycles. The summed E-state index contributed by atoms with van der Waals surface area (Å²) in [6, 6.07) is 6.22. The maximum Gasteiger partial charge on any atom is 0.270 e. The fourth-order valence-corrected chi connectivity index (χ4v) is 1.27. The quantitative estimate of drug-likeness (QED) is 0.489. The summed E-state index contributed by atoms with van der Waals surface area (Å²) in [4.78, 5) is 11.2. The van der Waals surface area contributed by atoms with E-state index in [0.29, 0.717) is 5.56 Å². The van der Waals surface area contributed by atoms with E-state index in [0.717, 1.165) is 4.79 Å². The molecule has 0 saturated carbocycles. The van der Waals surface area contributed by atoms with Gasteiger partial charge in [0.2, 0.25) is 0 Å². The number of anilines is 1. The van der Waals surface area contributed by atoms with E-state index in [1.165, 1.54) is 18.3 Å². The molecule has 0 amide bonds. The summed E-state index contributed by atoms with van der Waals surface area (Å²) >= 11 is 0. The van der Waals surface area contributed by atoms with Crippen molar-refractivity contribution in [3.8, 4) is 0 Å². The van der Waals surface area contributed by atoms with E-state index in [2.05, 4.69) is 20.6 Å². The molecule has 2 aromatic rings. The fourth-order valence-electron chi connectivity index (χ4n) is 1.27. The van der Waals surface area contributed by atoms with Gasteiger partial charge in [-0.25, -0.2) is 0 Å². The van der Waals surface area contributed by atoms with Gasteiger partial charge in [-0.2, -0.15) is 5.10 Å². The third-order valence-corrected chi connectivity index (χ3v) is 2.11. The molecule has 1 aromatic heterocycles. The Morgan fingerprint density at radius 1 is 1.47 bits per heavy atom. The van der Waals surface area contributed by atoms with Crippen LogP contribution < -0.4 is 5.73 Å². The molecule has 1 heterocycles. The third-order valence-electron chi connectivity index (χ3n) is 2.11. The summed E-state index contributed by atoms with van der Waals surface area (Å²) in [5.41, 5.74) is 6.12. The van der Waals surface area contributed by atoms with Gasteiger partial charge in [0.25, 0.3) is 11.6 Å². The summed E-state index contributed by atoms with van der Waals surface area (Å²) in [7, 11) is 0. The van der Waals surface area contributed by atoms with Crippen LogP contribution in [-0.2, 0) is 0 Å². The van der Waals surface area contributed by atoms with Crippen LogP contribution in [0.4, 0.5) is 11.6 Å². The highest BCUT2D eigenvalue weighted by molar-refractivity contribution is 5.78. The highest BCUT2D eigenvalue weighted by Gasteiger charge is 2.03. The summed E-state index contributed by atoms with van der Waals surface area (Å²) < 4.78 is 0. The van der Waals surface area contributed by atoms with Gasteiger partial charge in [-0.05, 0) is 22.1 Å². The zero-order valence-electron chi connectivity index (χ0n) is 9.62. The molecule has 2 N–H and O–H groups in total. The van der Waals surface area contributed by atoms with Gasteiger partial charge >= 0.3 is 0 Å². The average Bonchev–Trinajstić information content (AvgIpc) is 2.81. The monoisotopic (exact) mass is 259 g/mol. The third kappa shape index (κ3) is 3.19. The molecule has 9 heteroatoms. The minimum Gasteiger partial charge on any atom is -0.365 e. The van der Waals surface area contributed by atoms with E-state index in [1.54, 1.807) is 24.3 Å². The number of non-ortho nitro benzene ring substituents is 1. The normalized spacial score (nSPS) is 11.4. The second-order valence-electron chi connectivity index (χ2n) is 3.40. The molecule has 0 radical (unpaired) electrons. The summed E-state index contributed by atoms with van der Waals surface area (Å²) in [6.07, 6.45) is 4.68. The van der Waals surface area contributed by atoms with Crippen molar-refractivity contribution in [2.45, 2.75) is 0 Å². The highest BCUT2D eigenvalue weighted by atomic mass is 16.6. The molecule has 0 unspecified atom stereocenters. The molecule has 2 rings (SSSR count). The first-order valence-corrected chi connectivity index (χ1v) is 5.16. The Morgan fingerprint density at radius 2 is 2.32 bits per heavy atom. The van der Waals surface area contributed by atoms with Crippen LogP contribution in [0.25, 0.3) is 6.08 Å². The van der Waals surface area contributed by atoms with Crippen LogP contribution in [0.15, 0.2) is 35.4 Å². The molecular weight excluding hydrogens is 250 g/mol. The van der Waals surface area contributed by atoms with Crippen LogP contribution >= 0.6 is 0 Å². The van der Waals surface area contributed by atoms with E-state index in [9.17, 15) is 10.1 Å². The van der Waals surface area contributed by atoms with Crippen molar-refractivity contribution in [3.63, 3.8) is 0 Å². The van der Waals surface area contributed by atoms with Gasteiger partial charge in [0, 0.05) is 18.3 Å². The molecule has 0 bridgehead atoms. The number of allylic oxidation sites excluding steroid dienone is 1. The molecule has 19 heavy (non-hydrogen) atoms. The van der Waals surface area contributed by atoms with Crippen molar-refractivity contribution in [1.29, 1.82) is 0 Å². The lowest BCUT2D eigenvalue weighted by Gasteiger charge is -1.93. The van der Waals surface area contributed by atoms with Crippen molar-refractivity contribution >= 4 is 23.9 Å². The van der Waals surface area contributed by atoms with E-state index in [4.69, 9.17) is 5.73 Å². The van der Waals surface area contributed by atoms with Crippen LogP contribution in [-0.4, -0.2) is 31.5 Å². The largest absolute Gasteiger partial charge is 0.365 e. The lowest BCUT2D eigenvalue weighted by Crippen LogP contribution is -1.98. The van der Waals surface area contributed by atoms with Gasteiger partial charge in [-0.15, -0.1) is 0 Å². The summed E-state index contributed by atoms with van der Waals surface area (Å²) in [5, 5.41) is 24.7. The van der Waals surface area contributed by atoms with Crippen LogP contribution in [0.2, 0.25) is 0 Å². The Labute approximate surface area is 107 Å². The predicted octanol–water partition coefficient (Wildman–Crippen LogP) is 0.711. The Hall–Kier alpha value is -3.10. The van der Waals surface area contributed by atoms with Crippen LogP contribution in [0.5, 0.6) is 0 Å². The number of benzene rings is 1. The summed E-state index contributed by atoms with van der Waals surface area (Å²) in [6.45, 7) is 0. The molecule has 0 aliphatic carbocycles. The number of nitrogens with two attached hydrogens (primary N) is 1. The van der Waals surface area contributed by atoms with Gasteiger partial charge in [0.05, 0.1) is 4.92 Å². The van der Waals surface area contributed by atoms with Gasteiger partial charge in [-0.3, -0.25) is 10.1 Å². The molecule has 0 aliphatic rings. The first-order chi connectivity index (χ1) is 9.16. The first-order valence-electron chi connectivity index (χ1n) is 5.16. The van der Waals surface area contributed by atoms with E-state index < -0.39 is 4.92 Å². The van der Waals surface area contributed by atoms with Crippen LogP contribution in [0.1, 0.15) is 5.56 Å². The number of hydrogen-bond donors (Lipinski definition) is 1. The molecule has 96 valence electrons. The van der Waals surface area contributed by atoms with Gasteiger partial charge in [0.1, 0.15) is 0 Å². The van der Waals surface area contributed by atoms with Crippen LogP contribution in [0.3, 0.4) is 0 Å². The average molecular weight is 259 g/mol. The number of nitro groups is 1. The summed E-state index contributed by atoms with van der Waals surface area (Å²) in [5.74, 6) is 0.0694. The highest BCUT2D eigenvalue weighted by Crippen LogP contribution is 2.13. The van der Waals surface area contributed by atoms with Gasteiger partial charge in [-0.1, -0.05) is 28.1 Å². The topological polar surface area (TPSA) is 125 Å². The van der Waals surface area contributed by atoms with Gasteiger partial charge < -0.3 is 5.73 Å². The lowest BCUT2D eigenvalue weighted by molar-refractivity contribution is -0.384. The predicted molar refractivity (Wildman–Crippen MR) is 68.2 cm³/mol. The van der Waals surface area contributed by atoms with Crippen molar-refractivity contribution in [3.05, 3.63) is 46.0 Å². The van der Waals surface area contributed by atoms with E-state index in [1.807, 2.05) is 0 Å². The molecule has 9 nitrogen and oxygen atoms in total. The minimum atomic E-state index is -0.451. The molecule has 0 fully saturated rings. The molecule has 0 saturated heterocycles. The van der Waals surface area contributed by atoms with Crippen molar-refractivity contribution < 1.29 is 4.92 Å². The second kappa shape index (κ2) is 5.49. The number of nitro benzene ring substituents is 1. The first kappa shape index (κ1) is 12.4. The minimum absolute atomic E-state index is 0.0313. The Balaban J connectivity index is 2.07. The Bertz CT molecular complexity index is 647. The number of rotatable bonds is 4. The smallest absolute Gasteiger partial charge is 0.270 e. The molecule has 0 spiro atoms. The zero-order chi connectivity index (χ0) is 13.7. The molecular formula is C10H9N7O2. The number of tetrazole rings is 1. The Morgan fingerprint density at radius 3 is 3.00 bits per heavy atom. The van der Waals surface area contributed by atoms with Crippen LogP contribution in [0, 0.1) is 10.1 Å². The second-order valence-corrected chi connectivity index (χ2v) is 3.40. The zero-order valence-corrected chi connectivity index (χ0v) is 9.62. The maximum atomic E-state index is 10.6. The van der Waals surface area contributed by atoms with E-state index in [-0.39, 0.29) is 11.6 Å². The SMILES string of the molecule is Nc1nnnn1/N=C\C=C\c1cccc([N+](=O)[O-])c1. The lowest BCUT2D eigenvalue weighted by atomic mass is 10.2. The van der Waals surface area contributed by atoms with Crippen molar-refractivity contribution in [2.75, 3.05) is 5.73 Å². The number of aromatic nitrogens is 4. The van der Waals surface area contributed by atoms with Gasteiger partial charge in [0.15, 0.2) is 0 Å². The standard InChI is InChI=1S/C10H9N7O2/c11-10-13-14-15-16(10)12-6-2-4-8-3-1-5-9(7-8)17(18)19/h1-7H,(H2,11,13,15)/b4-2+,12-6-. The fraction of sp³-hybridized carbons (Fsp3) is 0. The maximum absolute atomic E-state index is 10.6.